The van der Waals surface area contributed by atoms with Gasteiger partial charge in [0.2, 0.25) is 5.91 Å². The van der Waals surface area contributed by atoms with Crippen LogP contribution in [0.25, 0.3) is 11.0 Å². The summed E-state index contributed by atoms with van der Waals surface area (Å²) >= 11 is 1.50. The zero-order chi connectivity index (χ0) is 16.7. The predicted octanol–water partition coefficient (Wildman–Crippen LogP) is 1.38. The maximum atomic E-state index is 12.9. The lowest BCUT2D eigenvalue weighted by molar-refractivity contribution is -0.119. The standard InChI is InChI=1S/C15H17N7OS/c1-20-8-10(6-18-20)22-5-3-4-12(15(22)23)24-14-11-7-19-21(2)13(11)16-9-17-14/h6-9,12H,3-5H2,1-2H3/t12-/m0/s1. The molecule has 4 rings (SSSR count). The van der Waals surface area contributed by atoms with Crippen molar-refractivity contribution in [1.82, 2.24) is 29.5 Å². The Kier molecular flexibility index (Phi) is 3.72. The molecule has 0 saturated carbocycles. The third kappa shape index (κ3) is 2.54. The number of aromatic nitrogens is 6. The lowest BCUT2D eigenvalue weighted by Gasteiger charge is -2.30. The molecule has 24 heavy (non-hydrogen) atoms. The van der Waals surface area contributed by atoms with Crippen LogP contribution in [0.4, 0.5) is 5.69 Å². The lowest BCUT2D eigenvalue weighted by Crippen LogP contribution is -2.42. The number of piperidine rings is 1. The third-order valence-corrected chi connectivity index (χ3v) is 5.41. The van der Waals surface area contributed by atoms with E-state index in [2.05, 4.69) is 20.2 Å². The quantitative estimate of drug-likeness (QED) is 0.668. The van der Waals surface area contributed by atoms with Crippen molar-refractivity contribution in [3.8, 4) is 0 Å². The molecule has 3 aromatic heterocycles. The van der Waals surface area contributed by atoms with Crippen LogP contribution in [0.1, 0.15) is 12.8 Å². The van der Waals surface area contributed by atoms with Gasteiger partial charge < -0.3 is 4.90 Å². The number of carbonyl (C=O) groups is 1. The molecule has 0 aromatic carbocycles. The number of rotatable bonds is 3. The number of nitrogens with zero attached hydrogens (tertiary/aromatic N) is 7. The lowest BCUT2D eigenvalue weighted by atomic mass is 10.1. The van der Waals surface area contributed by atoms with Crippen molar-refractivity contribution in [2.75, 3.05) is 11.4 Å². The van der Waals surface area contributed by atoms with E-state index in [-0.39, 0.29) is 11.2 Å². The Labute approximate surface area is 142 Å². The minimum atomic E-state index is -0.155. The second-order valence-electron chi connectivity index (χ2n) is 5.80. The number of aryl methyl sites for hydroxylation is 2. The van der Waals surface area contributed by atoms with E-state index in [0.29, 0.717) is 0 Å². The van der Waals surface area contributed by atoms with Gasteiger partial charge in [0, 0.05) is 26.8 Å². The van der Waals surface area contributed by atoms with Gasteiger partial charge in [-0.2, -0.15) is 10.2 Å². The maximum absolute atomic E-state index is 12.9. The second-order valence-corrected chi connectivity index (χ2v) is 6.99. The van der Waals surface area contributed by atoms with E-state index in [9.17, 15) is 4.79 Å². The summed E-state index contributed by atoms with van der Waals surface area (Å²) in [7, 11) is 3.70. The van der Waals surface area contributed by atoms with E-state index in [1.165, 1.54) is 18.1 Å². The van der Waals surface area contributed by atoms with Crippen LogP contribution >= 0.6 is 11.8 Å². The maximum Gasteiger partial charge on any atom is 0.240 e. The number of hydrogen-bond acceptors (Lipinski definition) is 6. The van der Waals surface area contributed by atoms with Gasteiger partial charge in [0.05, 0.1) is 28.7 Å². The van der Waals surface area contributed by atoms with Gasteiger partial charge in [0.15, 0.2) is 5.65 Å². The first-order valence-corrected chi connectivity index (χ1v) is 8.61. The van der Waals surface area contributed by atoms with Crippen LogP contribution in [0.15, 0.2) is 29.9 Å². The highest BCUT2D eigenvalue weighted by Gasteiger charge is 2.32. The minimum absolute atomic E-state index is 0.106. The SMILES string of the molecule is Cn1cc(N2CCC[C@H](Sc3ncnc4c3cnn4C)C2=O)cn1. The van der Waals surface area contributed by atoms with Crippen molar-refractivity contribution in [2.45, 2.75) is 23.1 Å². The summed E-state index contributed by atoms with van der Waals surface area (Å²) in [5.41, 5.74) is 1.63. The topological polar surface area (TPSA) is 81.7 Å². The largest absolute Gasteiger partial charge is 0.309 e. The van der Waals surface area contributed by atoms with E-state index in [4.69, 9.17) is 0 Å². The van der Waals surface area contributed by atoms with E-state index in [1.807, 2.05) is 25.2 Å². The molecule has 1 amide bonds. The van der Waals surface area contributed by atoms with Gasteiger partial charge in [-0.3, -0.25) is 14.2 Å². The molecular weight excluding hydrogens is 326 g/mol. The van der Waals surface area contributed by atoms with E-state index >= 15 is 0 Å². The van der Waals surface area contributed by atoms with Gasteiger partial charge in [0.1, 0.15) is 11.4 Å². The Bertz CT molecular complexity index is 902. The summed E-state index contributed by atoms with van der Waals surface area (Å²) in [4.78, 5) is 23.3. The second kappa shape index (κ2) is 5.90. The summed E-state index contributed by atoms with van der Waals surface area (Å²) in [5, 5.41) is 9.93. The molecule has 1 aliphatic rings. The molecule has 0 N–H and O–H groups in total. The van der Waals surface area contributed by atoms with Crippen molar-refractivity contribution >= 4 is 34.4 Å². The number of thioether (sulfide) groups is 1. The molecule has 1 atom stereocenters. The molecule has 0 spiro atoms. The average Bonchev–Trinajstić information content (AvgIpc) is 3.17. The molecule has 1 aliphatic heterocycles. The molecule has 8 nitrogen and oxygen atoms in total. The van der Waals surface area contributed by atoms with Gasteiger partial charge in [0.25, 0.3) is 0 Å². The molecule has 1 fully saturated rings. The van der Waals surface area contributed by atoms with Crippen LogP contribution in [-0.4, -0.2) is 47.2 Å². The highest BCUT2D eigenvalue weighted by atomic mass is 32.2. The first-order valence-electron chi connectivity index (χ1n) is 7.73. The molecule has 0 unspecified atom stereocenters. The van der Waals surface area contributed by atoms with Crippen LogP contribution < -0.4 is 4.90 Å². The van der Waals surface area contributed by atoms with Crippen LogP contribution in [0.3, 0.4) is 0 Å². The van der Waals surface area contributed by atoms with Crippen LogP contribution in [0.5, 0.6) is 0 Å². The predicted molar refractivity (Wildman–Crippen MR) is 90.7 cm³/mol. The van der Waals surface area contributed by atoms with E-state index in [0.717, 1.165) is 41.1 Å². The number of hydrogen-bond donors (Lipinski definition) is 0. The van der Waals surface area contributed by atoms with Crippen molar-refractivity contribution in [3.63, 3.8) is 0 Å². The van der Waals surface area contributed by atoms with Crippen molar-refractivity contribution in [2.24, 2.45) is 14.1 Å². The minimum Gasteiger partial charge on any atom is -0.309 e. The molecule has 3 aromatic rings. The number of carbonyl (C=O) groups excluding carboxylic acids is 1. The third-order valence-electron chi connectivity index (χ3n) is 4.14. The van der Waals surface area contributed by atoms with Crippen molar-refractivity contribution in [1.29, 1.82) is 0 Å². The van der Waals surface area contributed by atoms with Gasteiger partial charge in [-0.05, 0) is 12.8 Å². The first kappa shape index (κ1) is 15.1. The fourth-order valence-corrected chi connectivity index (χ4v) is 4.09. The Balaban J connectivity index is 1.60. The summed E-state index contributed by atoms with van der Waals surface area (Å²) in [6, 6.07) is 0. The summed E-state index contributed by atoms with van der Waals surface area (Å²) in [6.45, 7) is 0.730. The first-order chi connectivity index (χ1) is 11.6. The average molecular weight is 343 g/mol. The Hall–Kier alpha value is -2.42. The molecule has 0 bridgehead atoms. The molecular formula is C15H17N7OS. The number of fused-ring (bicyclic) bond motifs is 1. The molecule has 4 heterocycles. The highest BCUT2D eigenvalue weighted by molar-refractivity contribution is 8.00. The van der Waals surface area contributed by atoms with E-state index in [1.54, 1.807) is 21.8 Å². The van der Waals surface area contributed by atoms with Gasteiger partial charge in [-0.25, -0.2) is 9.97 Å². The van der Waals surface area contributed by atoms with Crippen molar-refractivity contribution < 1.29 is 4.79 Å². The summed E-state index contributed by atoms with van der Waals surface area (Å²) < 4.78 is 3.43. The monoisotopic (exact) mass is 343 g/mol. The van der Waals surface area contributed by atoms with Crippen LogP contribution in [0, 0.1) is 0 Å². The van der Waals surface area contributed by atoms with Crippen molar-refractivity contribution in [3.05, 3.63) is 24.9 Å². The number of anilines is 1. The molecule has 0 radical (unpaired) electrons. The van der Waals surface area contributed by atoms with Gasteiger partial charge in [-0.15, -0.1) is 0 Å². The van der Waals surface area contributed by atoms with Crippen LogP contribution in [-0.2, 0) is 18.9 Å². The van der Waals surface area contributed by atoms with Gasteiger partial charge >= 0.3 is 0 Å². The highest BCUT2D eigenvalue weighted by Crippen LogP contribution is 2.34. The Morgan fingerprint density at radius 1 is 1.21 bits per heavy atom. The smallest absolute Gasteiger partial charge is 0.240 e. The molecule has 0 aliphatic carbocycles. The molecule has 124 valence electrons. The fourth-order valence-electron chi connectivity index (χ4n) is 2.92. The number of amides is 1. The zero-order valence-corrected chi connectivity index (χ0v) is 14.3. The molecule has 9 heteroatoms. The van der Waals surface area contributed by atoms with Crippen LogP contribution in [0.2, 0.25) is 0 Å². The van der Waals surface area contributed by atoms with Gasteiger partial charge in [-0.1, -0.05) is 11.8 Å². The van der Waals surface area contributed by atoms with E-state index < -0.39 is 0 Å². The summed E-state index contributed by atoms with van der Waals surface area (Å²) in [5.74, 6) is 0.106. The Morgan fingerprint density at radius 2 is 2.08 bits per heavy atom. The zero-order valence-electron chi connectivity index (χ0n) is 13.5. The normalized spacial score (nSPS) is 18.5. The fraction of sp³-hybridized carbons (Fsp3) is 0.400. The molecule has 1 saturated heterocycles. The Morgan fingerprint density at radius 3 is 2.88 bits per heavy atom. The summed E-state index contributed by atoms with van der Waals surface area (Å²) in [6.07, 6.45) is 8.68.